The topological polar surface area (TPSA) is 85.5 Å². The van der Waals surface area contributed by atoms with Crippen LogP contribution in [0.15, 0.2) is 16.0 Å². The summed E-state index contributed by atoms with van der Waals surface area (Å²) in [5.74, 6) is 0.419. The van der Waals surface area contributed by atoms with Crippen molar-refractivity contribution in [3.63, 3.8) is 0 Å². The Morgan fingerprint density at radius 1 is 1.69 bits per heavy atom. The fourth-order valence-electron chi connectivity index (χ4n) is 1.05. The molecule has 0 atom stereocenters. The molecule has 1 N–H and O–H groups in total. The van der Waals surface area contributed by atoms with E-state index in [-0.39, 0.29) is 11.5 Å². The average molecular weight is 240 g/mol. The third-order valence-electron chi connectivity index (χ3n) is 1.72. The summed E-state index contributed by atoms with van der Waals surface area (Å²) in [6.45, 7) is 1.84. The van der Waals surface area contributed by atoms with Gasteiger partial charge in [-0.25, -0.2) is 4.79 Å². The molecule has 6 nitrogen and oxygen atoms in total. The molecule has 2 rings (SSSR count). The van der Waals surface area contributed by atoms with E-state index >= 15 is 0 Å². The Balaban J connectivity index is 1.97. The van der Waals surface area contributed by atoms with Gasteiger partial charge in [-0.05, 0) is 6.92 Å². The highest BCUT2D eigenvalue weighted by Gasteiger charge is 2.09. The number of aromatic carboxylic acids is 1. The number of rotatable bonds is 4. The van der Waals surface area contributed by atoms with Gasteiger partial charge in [-0.1, -0.05) is 5.16 Å². The fourth-order valence-corrected chi connectivity index (χ4v) is 1.71. The summed E-state index contributed by atoms with van der Waals surface area (Å²) in [6, 6.07) is 1.45. The van der Waals surface area contributed by atoms with Crippen LogP contribution in [0, 0.1) is 6.92 Å². The number of aromatic nitrogens is 2. The summed E-state index contributed by atoms with van der Waals surface area (Å²) in [6.07, 6.45) is 0. The van der Waals surface area contributed by atoms with Crippen LogP contribution in [0.25, 0.3) is 0 Å². The van der Waals surface area contributed by atoms with Crippen molar-refractivity contribution in [3.8, 4) is 5.75 Å². The fraction of sp³-hybridized carbons (Fsp3) is 0.222. The van der Waals surface area contributed by atoms with E-state index in [0.717, 1.165) is 11.3 Å². The second-order valence-corrected chi connectivity index (χ2v) is 3.89. The number of thiophene rings is 1. The molecule has 0 saturated heterocycles. The van der Waals surface area contributed by atoms with Crippen LogP contribution < -0.4 is 4.74 Å². The van der Waals surface area contributed by atoms with Crippen molar-refractivity contribution in [3.05, 3.63) is 28.0 Å². The molecule has 7 heteroatoms. The zero-order chi connectivity index (χ0) is 11.5. The minimum Gasteiger partial charge on any atom is -0.483 e. The molecule has 0 aromatic carbocycles. The number of nitrogens with zero attached hydrogens (tertiary/aromatic N) is 2. The van der Waals surface area contributed by atoms with E-state index in [1.807, 2.05) is 0 Å². The molecule has 0 bridgehead atoms. The van der Waals surface area contributed by atoms with Gasteiger partial charge in [-0.15, -0.1) is 11.3 Å². The van der Waals surface area contributed by atoms with Gasteiger partial charge in [0.25, 0.3) is 5.89 Å². The predicted octanol–water partition coefficient (Wildman–Crippen LogP) is 1.72. The van der Waals surface area contributed by atoms with Crippen LogP contribution >= 0.6 is 11.3 Å². The molecule has 0 fully saturated rings. The second kappa shape index (κ2) is 4.31. The van der Waals surface area contributed by atoms with Crippen molar-refractivity contribution >= 4 is 17.3 Å². The van der Waals surface area contributed by atoms with Crippen LogP contribution in [0.5, 0.6) is 5.75 Å². The smallest absolute Gasteiger partial charge is 0.346 e. The van der Waals surface area contributed by atoms with Gasteiger partial charge in [-0.3, -0.25) is 0 Å². The third kappa shape index (κ3) is 2.37. The summed E-state index contributed by atoms with van der Waals surface area (Å²) < 4.78 is 10.1. The van der Waals surface area contributed by atoms with E-state index in [1.165, 1.54) is 6.07 Å². The lowest BCUT2D eigenvalue weighted by Crippen LogP contribution is -1.95. The summed E-state index contributed by atoms with van der Waals surface area (Å²) >= 11 is 1.11. The van der Waals surface area contributed by atoms with E-state index in [0.29, 0.717) is 17.5 Å². The minimum atomic E-state index is -0.964. The van der Waals surface area contributed by atoms with Crippen LogP contribution in [0.1, 0.15) is 21.4 Å². The molecule has 16 heavy (non-hydrogen) atoms. The van der Waals surface area contributed by atoms with Gasteiger partial charge in [0.15, 0.2) is 12.4 Å². The quantitative estimate of drug-likeness (QED) is 0.875. The normalized spacial score (nSPS) is 10.3. The largest absolute Gasteiger partial charge is 0.483 e. The van der Waals surface area contributed by atoms with Gasteiger partial charge in [0, 0.05) is 11.4 Å². The molecule has 2 aromatic rings. The van der Waals surface area contributed by atoms with Crippen molar-refractivity contribution in [2.24, 2.45) is 0 Å². The maximum atomic E-state index is 10.6. The molecule has 2 aromatic heterocycles. The number of hydrogen-bond acceptors (Lipinski definition) is 6. The van der Waals surface area contributed by atoms with Crippen molar-refractivity contribution in [1.82, 2.24) is 10.1 Å². The zero-order valence-electron chi connectivity index (χ0n) is 8.34. The lowest BCUT2D eigenvalue weighted by Gasteiger charge is -1.97. The standard InChI is InChI=1S/C9H8N2O4S/c1-5-10-8(15-11-5)3-14-6-2-7(9(12)13)16-4-6/h2,4H,3H2,1H3,(H,12,13). The highest BCUT2D eigenvalue weighted by Crippen LogP contribution is 2.22. The van der Waals surface area contributed by atoms with E-state index in [4.69, 9.17) is 14.4 Å². The third-order valence-corrected chi connectivity index (χ3v) is 2.61. The molecule has 0 radical (unpaired) electrons. The van der Waals surface area contributed by atoms with E-state index in [1.54, 1.807) is 12.3 Å². The predicted molar refractivity (Wildman–Crippen MR) is 54.6 cm³/mol. The number of carboxylic acid groups (broad SMARTS) is 1. The maximum Gasteiger partial charge on any atom is 0.346 e. The molecule has 0 aliphatic heterocycles. The first-order valence-electron chi connectivity index (χ1n) is 4.39. The first-order chi connectivity index (χ1) is 7.65. The Morgan fingerprint density at radius 3 is 3.06 bits per heavy atom. The van der Waals surface area contributed by atoms with Crippen molar-refractivity contribution in [1.29, 1.82) is 0 Å². The molecule has 0 unspecified atom stereocenters. The van der Waals surface area contributed by atoms with E-state index in [9.17, 15) is 4.79 Å². The van der Waals surface area contributed by atoms with Crippen LogP contribution in [0.3, 0.4) is 0 Å². The zero-order valence-corrected chi connectivity index (χ0v) is 9.15. The Morgan fingerprint density at radius 2 is 2.50 bits per heavy atom. The summed E-state index contributed by atoms with van der Waals surface area (Å²) in [5.41, 5.74) is 0. The molecular formula is C9H8N2O4S. The Hall–Kier alpha value is -1.89. The minimum absolute atomic E-state index is 0.136. The van der Waals surface area contributed by atoms with Gasteiger partial charge in [0.1, 0.15) is 10.6 Å². The number of hydrogen-bond donors (Lipinski definition) is 1. The van der Waals surface area contributed by atoms with Gasteiger partial charge in [0.05, 0.1) is 0 Å². The molecule has 0 amide bonds. The van der Waals surface area contributed by atoms with Crippen LogP contribution in [0.4, 0.5) is 0 Å². The molecule has 84 valence electrons. The van der Waals surface area contributed by atoms with Crippen LogP contribution in [0.2, 0.25) is 0 Å². The van der Waals surface area contributed by atoms with Gasteiger partial charge in [-0.2, -0.15) is 4.98 Å². The Bertz CT molecular complexity index is 505. The molecule has 0 saturated carbocycles. The van der Waals surface area contributed by atoms with Crippen molar-refractivity contribution in [2.75, 3.05) is 0 Å². The van der Waals surface area contributed by atoms with Crippen LogP contribution in [-0.4, -0.2) is 21.2 Å². The maximum absolute atomic E-state index is 10.6. The molecule has 0 aliphatic rings. The molecule has 0 aliphatic carbocycles. The lowest BCUT2D eigenvalue weighted by molar-refractivity contribution is 0.0702. The number of aryl methyl sites for hydroxylation is 1. The number of carbonyl (C=O) groups is 1. The monoisotopic (exact) mass is 240 g/mol. The van der Waals surface area contributed by atoms with E-state index in [2.05, 4.69) is 10.1 Å². The van der Waals surface area contributed by atoms with Crippen LogP contribution in [-0.2, 0) is 6.61 Å². The van der Waals surface area contributed by atoms with Gasteiger partial charge >= 0.3 is 5.97 Å². The summed E-state index contributed by atoms with van der Waals surface area (Å²) in [5, 5.41) is 13.9. The number of ether oxygens (including phenoxy) is 1. The van der Waals surface area contributed by atoms with Crippen molar-refractivity contribution < 1.29 is 19.2 Å². The van der Waals surface area contributed by atoms with Gasteiger partial charge < -0.3 is 14.4 Å². The van der Waals surface area contributed by atoms with Crippen molar-refractivity contribution in [2.45, 2.75) is 13.5 Å². The second-order valence-electron chi connectivity index (χ2n) is 2.98. The Kier molecular flexibility index (Phi) is 2.86. The summed E-state index contributed by atoms with van der Waals surface area (Å²) in [7, 11) is 0. The average Bonchev–Trinajstić information content (AvgIpc) is 2.83. The Labute approximate surface area is 94.5 Å². The molecule has 0 spiro atoms. The van der Waals surface area contributed by atoms with Gasteiger partial charge in [0.2, 0.25) is 0 Å². The highest BCUT2D eigenvalue weighted by molar-refractivity contribution is 7.12. The van der Waals surface area contributed by atoms with E-state index < -0.39 is 5.97 Å². The molecule has 2 heterocycles. The summed E-state index contributed by atoms with van der Waals surface area (Å²) in [4.78, 5) is 14.8. The first kappa shape index (κ1) is 10.6. The molecular weight excluding hydrogens is 232 g/mol. The lowest BCUT2D eigenvalue weighted by atomic mass is 10.4. The first-order valence-corrected chi connectivity index (χ1v) is 5.27. The number of carboxylic acids is 1. The SMILES string of the molecule is Cc1noc(COc2csc(C(=O)O)c2)n1. The highest BCUT2D eigenvalue weighted by atomic mass is 32.1.